The summed E-state index contributed by atoms with van der Waals surface area (Å²) >= 11 is 0. The summed E-state index contributed by atoms with van der Waals surface area (Å²) in [6.07, 6.45) is 4.05. The second-order valence-electron chi connectivity index (χ2n) is 7.60. The number of hydrogen-bond acceptors (Lipinski definition) is 5. The quantitative estimate of drug-likeness (QED) is 0.521. The predicted molar refractivity (Wildman–Crippen MR) is 114 cm³/mol. The monoisotopic (exact) mass is 421 g/mol. The molecule has 1 aromatic carbocycles. The molecule has 4 rings (SSSR count). The first-order chi connectivity index (χ1) is 15.2. The molecule has 3 heterocycles. The molecule has 0 fully saturated rings. The Bertz CT molecular complexity index is 1020. The van der Waals surface area contributed by atoms with Gasteiger partial charge in [-0.25, -0.2) is 4.79 Å². The highest BCUT2D eigenvalue weighted by Gasteiger charge is 2.30. The molecule has 2 aromatic heterocycles. The molecule has 0 spiro atoms. The van der Waals surface area contributed by atoms with E-state index in [4.69, 9.17) is 9.15 Å². The fourth-order valence-corrected chi connectivity index (χ4v) is 3.97. The van der Waals surface area contributed by atoms with Crippen LogP contribution in [0.1, 0.15) is 46.4 Å². The van der Waals surface area contributed by atoms with Crippen molar-refractivity contribution in [3.8, 4) is 0 Å². The lowest BCUT2D eigenvalue weighted by molar-refractivity contribution is -0.132. The molecule has 0 aliphatic carbocycles. The van der Waals surface area contributed by atoms with Gasteiger partial charge in [-0.05, 0) is 31.0 Å². The van der Waals surface area contributed by atoms with Crippen LogP contribution >= 0.6 is 0 Å². The molecular weight excluding hydrogens is 394 g/mol. The first-order valence-corrected chi connectivity index (χ1v) is 10.8. The van der Waals surface area contributed by atoms with E-state index in [1.807, 2.05) is 35.0 Å². The number of carbonyl (C=O) groups is 2. The minimum absolute atomic E-state index is 0.0499. The summed E-state index contributed by atoms with van der Waals surface area (Å²) in [5.41, 5.74) is 3.38. The van der Waals surface area contributed by atoms with E-state index < -0.39 is 5.97 Å². The third-order valence-corrected chi connectivity index (χ3v) is 5.58. The average molecular weight is 421 g/mol. The number of carbonyl (C=O) groups excluding carboxylic acids is 2. The maximum absolute atomic E-state index is 12.8. The molecule has 7 heteroatoms. The number of aromatic nitrogens is 2. The van der Waals surface area contributed by atoms with Gasteiger partial charge < -0.3 is 14.1 Å². The number of hydrogen-bond donors (Lipinski definition) is 0. The van der Waals surface area contributed by atoms with Gasteiger partial charge in [0.15, 0.2) is 5.69 Å². The molecule has 7 nitrogen and oxygen atoms in total. The van der Waals surface area contributed by atoms with Crippen LogP contribution in [0.15, 0.2) is 53.1 Å². The zero-order valence-electron chi connectivity index (χ0n) is 17.8. The van der Waals surface area contributed by atoms with E-state index in [1.54, 1.807) is 18.1 Å². The van der Waals surface area contributed by atoms with Gasteiger partial charge in [-0.1, -0.05) is 30.3 Å². The van der Waals surface area contributed by atoms with Crippen molar-refractivity contribution >= 4 is 11.9 Å². The number of rotatable bonds is 8. The fraction of sp³-hybridized carbons (Fsp3) is 0.375. The summed E-state index contributed by atoms with van der Waals surface area (Å²) in [5.74, 6) is 0.419. The van der Waals surface area contributed by atoms with Crippen LogP contribution in [0.3, 0.4) is 0 Å². The Balaban J connectivity index is 1.50. The Labute approximate surface area is 181 Å². The van der Waals surface area contributed by atoms with Crippen molar-refractivity contribution in [1.29, 1.82) is 0 Å². The van der Waals surface area contributed by atoms with E-state index in [9.17, 15) is 9.59 Å². The Hall–Kier alpha value is -3.35. The molecule has 162 valence electrons. The van der Waals surface area contributed by atoms with E-state index in [2.05, 4.69) is 17.2 Å². The molecule has 3 aromatic rings. The lowest BCUT2D eigenvalue weighted by Crippen LogP contribution is -2.37. The minimum atomic E-state index is -0.429. The van der Waals surface area contributed by atoms with Crippen molar-refractivity contribution in [3.63, 3.8) is 0 Å². The second kappa shape index (κ2) is 9.64. The Morgan fingerprint density at radius 1 is 1.13 bits per heavy atom. The van der Waals surface area contributed by atoms with E-state index in [1.165, 1.54) is 5.56 Å². The summed E-state index contributed by atoms with van der Waals surface area (Å²) in [6, 6.07) is 13.9. The number of aryl methyl sites for hydroxylation is 3. The van der Waals surface area contributed by atoms with Gasteiger partial charge >= 0.3 is 5.97 Å². The molecular formula is C24H27N3O4. The number of esters is 1. The van der Waals surface area contributed by atoms with Crippen LogP contribution in [0.2, 0.25) is 0 Å². The maximum atomic E-state index is 12.8. The van der Waals surface area contributed by atoms with Gasteiger partial charge in [0.2, 0.25) is 5.91 Å². The summed E-state index contributed by atoms with van der Waals surface area (Å²) in [7, 11) is 0. The van der Waals surface area contributed by atoms with Gasteiger partial charge in [-0.15, -0.1) is 0 Å². The number of nitrogens with zero attached hydrogens (tertiary/aromatic N) is 3. The predicted octanol–water partition coefficient (Wildman–Crippen LogP) is 3.41. The molecule has 0 radical (unpaired) electrons. The highest BCUT2D eigenvalue weighted by molar-refractivity contribution is 5.89. The second-order valence-corrected chi connectivity index (χ2v) is 7.60. The molecule has 0 saturated heterocycles. The minimum Gasteiger partial charge on any atom is -0.469 e. The smallest absolute Gasteiger partial charge is 0.359 e. The fourth-order valence-electron chi connectivity index (χ4n) is 3.97. The highest BCUT2D eigenvalue weighted by Crippen LogP contribution is 2.25. The number of fused-ring (bicyclic) bond motifs is 1. The Morgan fingerprint density at radius 2 is 1.97 bits per heavy atom. The molecule has 1 aliphatic heterocycles. The average Bonchev–Trinajstić information content (AvgIpc) is 3.44. The van der Waals surface area contributed by atoms with Crippen molar-refractivity contribution in [2.24, 2.45) is 0 Å². The van der Waals surface area contributed by atoms with Crippen LogP contribution in [0.25, 0.3) is 0 Å². The number of benzene rings is 1. The van der Waals surface area contributed by atoms with Crippen LogP contribution in [0, 0.1) is 0 Å². The van der Waals surface area contributed by atoms with Crippen molar-refractivity contribution in [2.45, 2.75) is 45.7 Å². The summed E-state index contributed by atoms with van der Waals surface area (Å²) in [4.78, 5) is 27.1. The van der Waals surface area contributed by atoms with Crippen LogP contribution in [0.4, 0.5) is 0 Å². The third-order valence-electron chi connectivity index (χ3n) is 5.58. The molecule has 0 bridgehead atoms. The van der Waals surface area contributed by atoms with Crippen LogP contribution in [-0.2, 0) is 41.9 Å². The highest BCUT2D eigenvalue weighted by atomic mass is 16.5. The number of amides is 1. The molecule has 0 unspecified atom stereocenters. The molecule has 1 aliphatic rings. The summed E-state index contributed by atoms with van der Waals surface area (Å²) in [5, 5.41) is 4.59. The van der Waals surface area contributed by atoms with E-state index >= 15 is 0 Å². The normalized spacial score (nSPS) is 13.1. The molecule has 0 saturated carbocycles. The van der Waals surface area contributed by atoms with Crippen LogP contribution in [-0.4, -0.2) is 39.7 Å². The standard InChI is InChI=1S/C24H27N3O4/c1-2-30-24(29)23-20-17-26(22(28)11-10-19-9-6-16-31-19)14-13-21(20)27(25-23)15-12-18-7-4-3-5-8-18/h3-9,16H,2,10-15,17H2,1H3. The number of furan rings is 1. The van der Waals surface area contributed by atoms with Gasteiger partial charge in [0.05, 0.1) is 12.9 Å². The zero-order chi connectivity index (χ0) is 21.6. The van der Waals surface area contributed by atoms with E-state index in [0.29, 0.717) is 44.6 Å². The molecule has 0 N–H and O–H groups in total. The molecule has 0 atom stereocenters. The first-order valence-electron chi connectivity index (χ1n) is 10.8. The van der Waals surface area contributed by atoms with Crippen molar-refractivity contribution in [1.82, 2.24) is 14.7 Å². The van der Waals surface area contributed by atoms with E-state index in [0.717, 1.165) is 23.4 Å². The molecule has 31 heavy (non-hydrogen) atoms. The van der Waals surface area contributed by atoms with Crippen molar-refractivity contribution < 1.29 is 18.7 Å². The van der Waals surface area contributed by atoms with Crippen molar-refractivity contribution in [3.05, 3.63) is 77.0 Å². The Kier molecular flexibility index (Phi) is 6.50. The van der Waals surface area contributed by atoms with Gasteiger partial charge in [0.25, 0.3) is 0 Å². The van der Waals surface area contributed by atoms with Gasteiger partial charge in [0.1, 0.15) is 5.76 Å². The topological polar surface area (TPSA) is 77.6 Å². The number of ether oxygens (including phenoxy) is 1. The van der Waals surface area contributed by atoms with Crippen LogP contribution < -0.4 is 0 Å². The summed E-state index contributed by atoms with van der Waals surface area (Å²) < 4.78 is 12.5. The maximum Gasteiger partial charge on any atom is 0.359 e. The largest absolute Gasteiger partial charge is 0.469 e. The molecule has 1 amide bonds. The van der Waals surface area contributed by atoms with Gasteiger partial charge in [-0.3, -0.25) is 9.48 Å². The zero-order valence-corrected chi connectivity index (χ0v) is 17.8. The van der Waals surface area contributed by atoms with Crippen LogP contribution in [0.5, 0.6) is 0 Å². The van der Waals surface area contributed by atoms with Gasteiger partial charge in [-0.2, -0.15) is 5.10 Å². The third kappa shape index (κ3) is 4.87. The van der Waals surface area contributed by atoms with E-state index in [-0.39, 0.29) is 12.5 Å². The summed E-state index contributed by atoms with van der Waals surface area (Å²) in [6.45, 7) is 3.74. The Morgan fingerprint density at radius 3 is 2.71 bits per heavy atom. The first kappa shape index (κ1) is 20.9. The van der Waals surface area contributed by atoms with Gasteiger partial charge in [0, 0.05) is 50.2 Å². The lowest BCUT2D eigenvalue weighted by Gasteiger charge is -2.28. The SMILES string of the molecule is CCOC(=O)c1nn(CCc2ccccc2)c2c1CN(C(=O)CCc1ccco1)CC2. The lowest BCUT2D eigenvalue weighted by atomic mass is 10.0. The van der Waals surface area contributed by atoms with Crippen molar-refractivity contribution in [2.75, 3.05) is 13.2 Å².